The van der Waals surface area contributed by atoms with Crippen molar-refractivity contribution in [2.24, 2.45) is 5.92 Å². The second kappa shape index (κ2) is 9.19. The van der Waals surface area contributed by atoms with Crippen LogP contribution in [0.2, 0.25) is 0 Å². The third kappa shape index (κ3) is 6.26. The number of esters is 1. The zero-order chi connectivity index (χ0) is 16.5. The fourth-order valence-electron chi connectivity index (χ4n) is 2.08. The van der Waals surface area contributed by atoms with Crippen molar-refractivity contribution in [3.05, 3.63) is 12.7 Å². The average Bonchev–Trinajstić information content (AvgIpc) is 2.46. The molecule has 1 atom stereocenters. The predicted octanol–water partition coefficient (Wildman–Crippen LogP) is -0.322. The molecule has 1 unspecified atom stereocenters. The van der Waals surface area contributed by atoms with Crippen molar-refractivity contribution in [1.82, 2.24) is 15.5 Å². The van der Waals surface area contributed by atoms with Gasteiger partial charge in [0.25, 0.3) is 0 Å². The average molecular weight is 311 g/mol. The number of nitrogens with zero attached hydrogens (tertiary/aromatic N) is 1. The lowest BCUT2D eigenvalue weighted by Crippen LogP contribution is -2.58. The van der Waals surface area contributed by atoms with Crippen LogP contribution >= 0.6 is 0 Å². The minimum Gasteiger partial charge on any atom is -0.465 e. The molecule has 1 fully saturated rings. The first-order chi connectivity index (χ1) is 10.4. The van der Waals surface area contributed by atoms with Crippen molar-refractivity contribution in [3.63, 3.8) is 0 Å². The highest BCUT2D eigenvalue weighted by molar-refractivity contribution is 5.88. The fourth-order valence-corrected chi connectivity index (χ4v) is 2.08. The maximum Gasteiger partial charge on any atom is 0.307 e. The Morgan fingerprint density at radius 2 is 2.27 bits per heavy atom. The van der Waals surface area contributed by atoms with E-state index in [0.29, 0.717) is 26.2 Å². The molecule has 0 spiro atoms. The Labute approximate surface area is 131 Å². The summed E-state index contributed by atoms with van der Waals surface area (Å²) < 4.78 is 5.11. The lowest BCUT2D eigenvalue weighted by molar-refractivity contribution is -0.150. The Hall–Kier alpha value is -1.89. The van der Waals surface area contributed by atoms with Gasteiger partial charge in [0.2, 0.25) is 11.8 Å². The molecule has 0 aromatic carbocycles. The molecular weight excluding hydrogens is 286 g/mol. The number of carbonyl (C=O) groups excluding carboxylic acids is 3. The number of nitrogens with one attached hydrogen (secondary N) is 2. The number of hydrogen-bond donors (Lipinski definition) is 2. The first-order valence-electron chi connectivity index (χ1n) is 7.49. The summed E-state index contributed by atoms with van der Waals surface area (Å²) in [6, 6.07) is -0.664. The summed E-state index contributed by atoms with van der Waals surface area (Å²) in [6.07, 6.45) is 1.54. The molecule has 124 valence electrons. The van der Waals surface area contributed by atoms with E-state index in [2.05, 4.69) is 17.2 Å². The first-order valence-corrected chi connectivity index (χ1v) is 7.49. The van der Waals surface area contributed by atoms with Crippen LogP contribution in [-0.2, 0) is 19.1 Å². The highest BCUT2D eigenvalue weighted by Gasteiger charge is 2.33. The Bertz CT molecular complexity index is 423. The van der Waals surface area contributed by atoms with Crippen molar-refractivity contribution in [2.45, 2.75) is 26.3 Å². The molecule has 1 aliphatic rings. The number of ether oxygens (including phenoxy) is 1. The monoisotopic (exact) mass is 311 g/mol. The smallest absolute Gasteiger partial charge is 0.307 e. The van der Waals surface area contributed by atoms with E-state index in [4.69, 9.17) is 4.74 Å². The Kier molecular flexibility index (Phi) is 7.59. The molecule has 2 amide bonds. The van der Waals surface area contributed by atoms with Gasteiger partial charge in [0.15, 0.2) is 0 Å². The standard InChI is InChI=1S/C15H25N3O4/c1-4-5-16-13(19)9-18-7-6-17-15(21)12(18)8-14(20)22-10-11(2)3/h4,11-12H,1,5-10H2,2-3H3,(H,16,19)(H,17,21). The predicted molar refractivity (Wildman–Crippen MR) is 82.0 cm³/mol. The summed E-state index contributed by atoms with van der Waals surface area (Å²) in [5, 5.41) is 5.37. The molecule has 1 heterocycles. The van der Waals surface area contributed by atoms with Crippen molar-refractivity contribution in [2.75, 3.05) is 32.8 Å². The second-order valence-corrected chi connectivity index (χ2v) is 5.65. The zero-order valence-corrected chi connectivity index (χ0v) is 13.3. The Morgan fingerprint density at radius 3 is 2.91 bits per heavy atom. The highest BCUT2D eigenvalue weighted by Crippen LogP contribution is 2.10. The topological polar surface area (TPSA) is 87.7 Å². The van der Waals surface area contributed by atoms with Crippen LogP contribution in [0.15, 0.2) is 12.7 Å². The zero-order valence-electron chi connectivity index (χ0n) is 13.3. The Morgan fingerprint density at radius 1 is 1.55 bits per heavy atom. The molecule has 0 radical (unpaired) electrons. The summed E-state index contributed by atoms with van der Waals surface area (Å²) in [5.41, 5.74) is 0. The van der Waals surface area contributed by atoms with Gasteiger partial charge in [-0.05, 0) is 5.92 Å². The molecule has 7 heteroatoms. The van der Waals surface area contributed by atoms with Crippen LogP contribution in [0.3, 0.4) is 0 Å². The third-order valence-corrected chi connectivity index (χ3v) is 3.17. The molecule has 2 N–H and O–H groups in total. The van der Waals surface area contributed by atoms with Gasteiger partial charge in [-0.2, -0.15) is 0 Å². The summed E-state index contributed by atoms with van der Waals surface area (Å²) in [7, 11) is 0. The van der Waals surface area contributed by atoms with Gasteiger partial charge in [-0.25, -0.2) is 0 Å². The summed E-state index contributed by atoms with van der Waals surface area (Å²) in [4.78, 5) is 37.3. The maximum absolute atomic E-state index is 12.0. The van der Waals surface area contributed by atoms with Crippen LogP contribution in [0.5, 0.6) is 0 Å². The molecule has 7 nitrogen and oxygen atoms in total. The number of piperazine rings is 1. The third-order valence-electron chi connectivity index (χ3n) is 3.17. The first kappa shape index (κ1) is 18.2. The molecule has 1 saturated heterocycles. The molecule has 0 aromatic rings. The molecule has 0 bridgehead atoms. The minimum atomic E-state index is -0.664. The van der Waals surface area contributed by atoms with E-state index in [1.54, 1.807) is 11.0 Å². The number of amides is 2. The fraction of sp³-hybridized carbons (Fsp3) is 0.667. The molecular formula is C15H25N3O4. The van der Waals surface area contributed by atoms with E-state index in [1.807, 2.05) is 13.8 Å². The summed E-state index contributed by atoms with van der Waals surface area (Å²) >= 11 is 0. The Balaban J connectivity index is 2.57. The van der Waals surface area contributed by atoms with Gasteiger partial charge in [-0.3, -0.25) is 19.3 Å². The van der Waals surface area contributed by atoms with Gasteiger partial charge >= 0.3 is 5.97 Å². The highest BCUT2D eigenvalue weighted by atomic mass is 16.5. The van der Waals surface area contributed by atoms with Crippen molar-refractivity contribution in [1.29, 1.82) is 0 Å². The maximum atomic E-state index is 12.0. The van der Waals surface area contributed by atoms with Crippen molar-refractivity contribution < 1.29 is 19.1 Å². The second-order valence-electron chi connectivity index (χ2n) is 5.65. The SMILES string of the molecule is C=CCNC(=O)CN1CCNC(=O)C1CC(=O)OCC(C)C. The minimum absolute atomic E-state index is 0.0483. The summed E-state index contributed by atoms with van der Waals surface area (Å²) in [6.45, 7) is 9.17. The van der Waals surface area contributed by atoms with Gasteiger partial charge in [-0.1, -0.05) is 19.9 Å². The van der Waals surface area contributed by atoms with Crippen LogP contribution in [0, 0.1) is 5.92 Å². The molecule has 0 aromatic heterocycles. The van der Waals surface area contributed by atoms with Crippen molar-refractivity contribution >= 4 is 17.8 Å². The van der Waals surface area contributed by atoms with Crippen LogP contribution < -0.4 is 10.6 Å². The number of carbonyl (C=O) groups is 3. The largest absolute Gasteiger partial charge is 0.465 e. The van der Waals surface area contributed by atoms with Crippen LogP contribution in [-0.4, -0.2) is 61.5 Å². The van der Waals surface area contributed by atoms with Gasteiger partial charge < -0.3 is 15.4 Å². The van der Waals surface area contributed by atoms with Crippen molar-refractivity contribution in [3.8, 4) is 0 Å². The van der Waals surface area contributed by atoms with E-state index in [1.165, 1.54) is 0 Å². The van der Waals surface area contributed by atoms with E-state index in [9.17, 15) is 14.4 Å². The lowest BCUT2D eigenvalue weighted by Gasteiger charge is -2.33. The van der Waals surface area contributed by atoms with E-state index < -0.39 is 12.0 Å². The molecule has 1 rings (SSSR count). The van der Waals surface area contributed by atoms with E-state index in [0.717, 1.165) is 0 Å². The summed E-state index contributed by atoms with van der Waals surface area (Å²) in [5.74, 6) is -0.628. The molecule has 0 saturated carbocycles. The number of hydrogen-bond acceptors (Lipinski definition) is 5. The van der Waals surface area contributed by atoms with Crippen LogP contribution in [0.1, 0.15) is 20.3 Å². The normalized spacial score (nSPS) is 18.7. The quantitative estimate of drug-likeness (QED) is 0.474. The van der Waals surface area contributed by atoms with Gasteiger partial charge in [0.1, 0.15) is 6.04 Å². The van der Waals surface area contributed by atoms with E-state index >= 15 is 0 Å². The molecule has 1 aliphatic heterocycles. The van der Waals surface area contributed by atoms with Gasteiger partial charge in [-0.15, -0.1) is 6.58 Å². The molecule has 0 aliphatic carbocycles. The van der Waals surface area contributed by atoms with Crippen LogP contribution in [0.4, 0.5) is 0 Å². The lowest BCUT2D eigenvalue weighted by atomic mass is 10.1. The molecule has 22 heavy (non-hydrogen) atoms. The van der Waals surface area contributed by atoms with E-state index in [-0.39, 0.29) is 30.7 Å². The van der Waals surface area contributed by atoms with Gasteiger partial charge in [0, 0.05) is 19.6 Å². The van der Waals surface area contributed by atoms with Crippen LogP contribution in [0.25, 0.3) is 0 Å². The number of rotatable bonds is 8. The van der Waals surface area contributed by atoms with Gasteiger partial charge in [0.05, 0.1) is 19.6 Å².